The first-order valence-corrected chi connectivity index (χ1v) is 8.45. The van der Waals surface area contributed by atoms with Gasteiger partial charge in [-0.25, -0.2) is 4.79 Å². The van der Waals surface area contributed by atoms with Crippen LogP contribution in [0.5, 0.6) is 5.75 Å². The number of hydrogen-bond acceptors (Lipinski definition) is 4. The Labute approximate surface area is 135 Å². The van der Waals surface area contributed by atoms with Gasteiger partial charge in [0.05, 0.1) is 0 Å². The number of carbonyl (C=O) groups excluding carboxylic acids is 1. The van der Waals surface area contributed by atoms with E-state index in [1.165, 1.54) is 0 Å². The third kappa shape index (κ3) is 5.26. The maximum absolute atomic E-state index is 12.1. The number of nitrogens with one attached hydrogen (secondary N) is 1. The highest BCUT2D eigenvalue weighted by molar-refractivity contribution is 7.98. The van der Waals surface area contributed by atoms with Gasteiger partial charge in [0.1, 0.15) is 11.8 Å². The monoisotopic (exact) mass is 325 g/mol. The van der Waals surface area contributed by atoms with Crippen LogP contribution in [0.3, 0.4) is 0 Å². The molecule has 0 aliphatic heterocycles. The minimum absolute atomic E-state index is 0.144. The first kappa shape index (κ1) is 18.4. The van der Waals surface area contributed by atoms with Crippen LogP contribution < -0.4 is 10.1 Å². The Bertz CT molecular complexity index is 503. The lowest BCUT2D eigenvalue weighted by atomic mass is 9.99. The molecular weight excluding hydrogens is 302 g/mol. The van der Waals surface area contributed by atoms with E-state index in [0.717, 1.165) is 4.90 Å². The number of benzene rings is 1. The van der Waals surface area contributed by atoms with Crippen LogP contribution in [0, 0.1) is 5.92 Å². The minimum Gasteiger partial charge on any atom is -0.481 e. The summed E-state index contributed by atoms with van der Waals surface area (Å²) in [6.07, 6.45) is 1.89. The molecule has 3 atom stereocenters. The van der Waals surface area contributed by atoms with Crippen molar-refractivity contribution < 1.29 is 19.4 Å². The fraction of sp³-hybridized carbons (Fsp3) is 0.500. The van der Waals surface area contributed by atoms with Gasteiger partial charge in [-0.2, -0.15) is 0 Å². The van der Waals surface area contributed by atoms with Crippen LogP contribution in [-0.2, 0) is 9.59 Å². The Hall–Kier alpha value is -1.69. The number of ether oxygens (including phenoxy) is 1. The summed E-state index contributed by atoms with van der Waals surface area (Å²) in [5, 5.41) is 11.7. The summed E-state index contributed by atoms with van der Waals surface area (Å²) < 4.78 is 5.56. The molecule has 0 radical (unpaired) electrons. The van der Waals surface area contributed by atoms with Crippen LogP contribution in [0.2, 0.25) is 0 Å². The predicted octanol–water partition coefficient (Wildman–Crippen LogP) is 2.79. The van der Waals surface area contributed by atoms with Crippen LogP contribution in [0.4, 0.5) is 0 Å². The normalized spacial score (nSPS) is 14.7. The molecular formula is C16H23NO4S. The highest BCUT2D eigenvalue weighted by atomic mass is 32.2. The summed E-state index contributed by atoms with van der Waals surface area (Å²) in [4.78, 5) is 24.4. The summed E-state index contributed by atoms with van der Waals surface area (Å²) in [7, 11) is 0. The van der Waals surface area contributed by atoms with Crippen molar-refractivity contribution in [2.45, 2.75) is 44.2 Å². The Balaban J connectivity index is 2.65. The van der Waals surface area contributed by atoms with Gasteiger partial charge in [-0.1, -0.05) is 20.3 Å². The summed E-state index contributed by atoms with van der Waals surface area (Å²) >= 11 is 1.62. The number of carboxylic acid groups (broad SMARTS) is 1. The van der Waals surface area contributed by atoms with Gasteiger partial charge in [-0.05, 0) is 43.4 Å². The second-order valence-corrected chi connectivity index (χ2v) is 6.03. The molecule has 0 aliphatic carbocycles. The number of hydrogen-bond donors (Lipinski definition) is 2. The number of aliphatic carboxylic acids is 1. The molecule has 0 bridgehead atoms. The van der Waals surface area contributed by atoms with E-state index in [9.17, 15) is 14.7 Å². The summed E-state index contributed by atoms with van der Waals surface area (Å²) in [5.41, 5.74) is 0. The number of rotatable bonds is 8. The molecule has 1 rings (SSSR count). The van der Waals surface area contributed by atoms with Gasteiger partial charge in [0.2, 0.25) is 0 Å². The Morgan fingerprint density at radius 2 is 1.86 bits per heavy atom. The lowest BCUT2D eigenvalue weighted by Crippen LogP contribution is -2.49. The molecule has 5 nitrogen and oxygen atoms in total. The Morgan fingerprint density at radius 1 is 1.27 bits per heavy atom. The molecule has 0 saturated carbocycles. The van der Waals surface area contributed by atoms with Gasteiger partial charge in [-0.3, -0.25) is 4.79 Å². The molecule has 0 aromatic heterocycles. The second-order valence-electron chi connectivity index (χ2n) is 5.15. The van der Waals surface area contributed by atoms with Gasteiger partial charge in [0, 0.05) is 4.90 Å². The smallest absolute Gasteiger partial charge is 0.326 e. The zero-order valence-electron chi connectivity index (χ0n) is 13.3. The van der Waals surface area contributed by atoms with Gasteiger partial charge in [0.25, 0.3) is 5.91 Å². The zero-order chi connectivity index (χ0) is 16.7. The summed E-state index contributed by atoms with van der Waals surface area (Å²) in [6.45, 7) is 5.29. The molecule has 122 valence electrons. The maximum Gasteiger partial charge on any atom is 0.326 e. The van der Waals surface area contributed by atoms with Crippen LogP contribution in [0.25, 0.3) is 0 Å². The largest absolute Gasteiger partial charge is 0.481 e. The van der Waals surface area contributed by atoms with Crippen molar-refractivity contribution in [2.24, 2.45) is 5.92 Å². The lowest BCUT2D eigenvalue weighted by Gasteiger charge is -2.22. The molecule has 1 aromatic carbocycles. The standard InChI is InChI=1S/C16H23NO4S/c1-5-10(2)14(16(19)20)17-15(18)11(3)21-12-6-8-13(22-4)9-7-12/h6-11,14H,5H2,1-4H3,(H,17,18)(H,19,20)/t10-,11?,14-/m0/s1. The third-order valence-corrected chi connectivity index (χ3v) is 4.26. The van der Waals surface area contributed by atoms with Gasteiger partial charge in [-0.15, -0.1) is 11.8 Å². The zero-order valence-corrected chi connectivity index (χ0v) is 14.1. The number of carbonyl (C=O) groups is 2. The van der Waals surface area contributed by atoms with Crippen LogP contribution in [-0.4, -0.2) is 35.4 Å². The van der Waals surface area contributed by atoms with Gasteiger partial charge >= 0.3 is 5.97 Å². The SMILES string of the molecule is CC[C@H](C)[C@H](NC(=O)C(C)Oc1ccc(SC)cc1)C(=O)O. The average Bonchev–Trinajstić information content (AvgIpc) is 2.51. The highest BCUT2D eigenvalue weighted by Crippen LogP contribution is 2.20. The number of thioether (sulfide) groups is 1. The average molecular weight is 325 g/mol. The molecule has 1 amide bonds. The summed E-state index contributed by atoms with van der Waals surface area (Å²) in [5.74, 6) is -1.02. The molecule has 22 heavy (non-hydrogen) atoms. The topological polar surface area (TPSA) is 75.6 Å². The first-order chi connectivity index (χ1) is 10.4. The van der Waals surface area contributed by atoms with E-state index in [-0.39, 0.29) is 5.92 Å². The third-order valence-electron chi connectivity index (χ3n) is 3.52. The first-order valence-electron chi connectivity index (χ1n) is 7.22. The summed E-state index contributed by atoms with van der Waals surface area (Å²) in [6, 6.07) is 6.49. The van der Waals surface area contributed by atoms with Crippen molar-refractivity contribution in [3.05, 3.63) is 24.3 Å². The van der Waals surface area contributed by atoms with Crippen molar-refractivity contribution in [1.82, 2.24) is 5.32 Å². The van der Waals surface area contributed by atoms with E-state index < -0.39 is 24.0 Å². The maximum atomic E-state index is 12.1. The highest BCUT2D eigenvalue weighted by Gasteiger charge is 2.27. The van der Waals surface area contributed by atoms with Crippen molar-refractivity contribution in [2.75, 3.05) is 6.26 Å². The molecule has 1 aromatic rings. The fourth-order valence-electron chi connectivity index (χ4n) is 1.87. The molecule has 0 fully saturated rings. The Kier molecular flexibility index (Phi) is 7.24. The van der Waals surface area contributed by atoms with Gasteiger partial charge < -0.3 is 15.2 Å². The van der Waals surface area contributed by atoms with Crippen LogP contribution in [0.1, 0.15) is 27.2 Å². The Morgan fingerprint density at radius 3 is 2.32 bits per heavy atom. The number of carboxylic acids is 1. The second kappa shape index (κ2) is 8.68. The molecule has 0 aliphatic rings. The van der Waals surface area contributed by atoms with E-state index >= 15 is 0 Å². The molecule has 0 heterocycles. The molecule has 2 N–H and O–H groups in total. The quantitative estimate of drug-likeness (QED) is 0.719. The predicted molar refractivity (Wildman–Crippen MR) is 87.3 cm³/mol. The van der Waals surface area contributed by atoms with Crippen molar-refractivity contribution in [3.63, 3.8) is 0 Å². The van der Waals surface area contributed by atoms with E-state index in [0.29, 0.717) is 12.2 Å². The van der Waals surface area contributed by atoms with Crippen molar-refractivity contribution >= 4 is 23.6 Å². The van der Waals surface area contributed by atoms with E-state index in [1.54, 1.807) is 37.7 Å². The lowest BCUT2D eigenvalue weighted by molar-refractivity contribution is -0.144. The van der Waals surface area contributed by atoms with Gasteiger partial charge in [0.15, 0.2) is 6.10 Å². The molecule has 0 saturated heterocycles. The fourth-order valence-corrected chi connectivity index (χ4v) is 2.27. The van der Waals surface area contributed by atoms with E-state index in [2.05, 4.69) is 5.32 Å². The minimum atomic E-state index is -1.03. The molecule has 1 unspecified atom stereocenters. The van der Waals surface area contributed by atoms with Crippen LogP contribution in [0.15, 0.2) is 29.2 Å². The van der Waals surface area contributed by atoms with Crippen molar-refractivity contribution in [1.29, 1.82) is 0 Å². The van der Waals surface area contributed by atoms with Crippen LogP contribution >= 0.6 is 11.8 Å². The molecule has 0 spiro atoms. The van der Waals surface area contributed by atoms with Crippen molar-refractivity contribution in [3.8, 4) is 5.75 Å². The van der Waals surface area contributed by atoms with E-state index in [4.69, 9.17) is 4.74 Å². The van der Waals surface area contributed by atoms with E-state index in [1.807, 2.05) is 25.3 Å². The number of amides is 1. The molecule has 6 heteroatoms.